The molecule has 0 bridgehead atoms. The number of carboxylic acid groups (broad SMARTS) is 1. The number of benzene rings is 1. The van der Waals surface area contributed by atoms with Crippen LogP contribution < -0.4 is 4.72 Å². The van der Waals surface area contributed by atoms with Gasteiger partial charge in [-0.2, -0.15) is 0 Å². The molecule has 1 atom stereocenters. The van der Waals surface area contributed by atoms with Gasteiger partial charge in [-0.1, -0.05) is 18.5 Å². The van der Waals surface area contributed by atoms with Gasteiger partial charge in [0.05, 0.1) is 5.56 Å². The van der Waals surface area contributed by atoms with Gasteiger partial charge >= 0.3 is 5.97 Å². The van der Waals surface area contributed by atoms with E-state index >= 15 is 0 Å². The Balaban J connectivity index is 3.28. The first-order valence-corrected chi connectivity index (χ1v) is 7.94. The number of aliphatic hydroxyl groups is 1. The number of carbonyl (C=O) groups is 1. The van der Waals surface area contributed by atoms with Crippen molar-refractivity contribution in [1.82, 2.24) is 4.72 Å². The molecule has 1 aromatic carbocycles. The minimum Gasteiger partial charge on any atom is -0.478 e. The molecule has 0 amide bonds. The zero-order chi connectivity index (χ0) is 16.2. The number of aromatic carboxylic acids is 1. The largest absolute Gasteiger partial charge is 0.478 e. The zero-order valence-corrected chi connectivity index (χ0v) is 12.7. The lowest BCUT2D eigenvalue weighted by Gasteiger charge is -2.16. The van der Waals surface area contributed by atoms with Crippen LogP contribution in [0.4, 0.5) is 4.39 Å². The summed E-state index contributed by atoms with van der Waals surface area (Å²) in [5.41, 5.74) is -0.821. The fourth-order valence-corrected chi connectivity index (χ4v) is 3.46. The molecule has 3 N–H and O–H groups in total. The van der Waals surface area contributed by atoms with Gasteiger partial charge in [-0.25, -0.2) is 22.3 Å². The smallest absolute Gasteiger partial charge is 0.338 e. The maximum atomic E-state index is 14.0. The van der Waals surface area contributed by atoms with Crippen LogP contribution in [0.5, 0.6) is 0 Å². The Morgan fingerprint density at radius 3 is 2.57 bits per heavy atom. The summed E-state index contributed by atoms with van der Waals surface area (Å²) in [4.78, 5) is 10.1. The lowest BCUT2D eigenvalue weighted by atomic mass is 10.2. The van der Waals surface area contributed by atoms with Gasteiger partial charge in [0, 0.05) is 17.7 Å². The van der Waals surface area contributed by atoms with Crippen molar-refractivity contribution in [2.24, 2.45) is 0 Å². The van der Waals surface area contributed by atoms with Crippen LogP contribution in [0.3, 0.4) is 0 Å². The van der Waals surface area contributed by atoms with Gasteiger partial charge in [0.2, 0.25) is 10.0 Å². The number of hydrogen-bond donors (Lipinski definition) is 3. The van der Waals surface area contributed by atoms with E-state index in [1.54, 1.807) is 6.92 Å². The molecule has 0 saturated carbocycles. The minimum atomic E-state index is -4.29. The summed E-state index contributed by atoms with van der Waals surface area (Å²) in [7, 11) is -4.29. The fourth-order valence-electron chi connectivity index (χ4n) is 1.70. The predicted molar refractivity (Wildman–Crippen MR) is 74.5 cm³/mol. The van der Waals surface area contributed by atoms with Gasteiger partial charge in [0.25, 0.3) is 0 Å². The van der Waals surface area contributed by atoms with Crippen LogP contribution >= 0.6 is 11.6 Å². The number of aliphatic hydroxyl groups excluding tert-OH is 1. The number of sulfonamides is 1. The second-order valence-electron chi connectivity index (χ2n) is 4.31. The first kappa shape index (κ1) is 17.8. The van der Waals surface area contributed by atoms with Crippen molar-refractivity contribution in [1.29, 1.82) is 0 Å². The van der Waals surface area contributed by atoms with Crippen molar-refractivity contribution in [3.63, 3.8) is 0 Å². The normalized spacial score (nSPS) is 13.1. The second-order valence-corrected chi connectivity index (χ2v) is 6.43. The van der Waals surface area contributed by atoms with E-state index in [9.17, 15) is 17.6 Å². The van der Waals surface area contributed by atoms with Crippen molar-refractivity contribution in [3.05, 3.63) is 28.5 Å². The fraction of sp³-hybridized carbons (Fsp3) is 0.417. The number of nitrogens with one attached hydrogen (secondary N) is 1. The van der Waals surface area contributed by atoms with E-state index in [4.69, 9.17) is 21.8 Å². The number of rotatable bonds is 7. The van der Waals surface area contributed by atoms with E-state index in [0.29, 0.717) is 6.42 Å². The molecule has 0 aromatic heterocycles. The Bertz CT molecular complexity index is 635. The Morgan fingerprint density at radius 2 is 2.10 bits per heavy atom. The molecular weight excluding hydrogens is 325 g/mol. The molecule has 0 spiro atoms. The van der Waals surface area contributed by atoms with E-state index in [0.717, 1.165) is 12.1 Å². The van der Waals surface area contributed by atoms with Crippen LogP contribution in [-0.2, 0) is 10.0 Å². The summed E-state index contributed by atoms with van der Waals surface area (Å²) in [5, 5.41) is 17.5. The van der Waals surface area contributed by atoms with Crippen LogP contribution in [0, 0.1) is 5.82 Å². The molecule has 21 heavy (non-hydrogen) atoms. The van der Waals surface area contributed by atoms with E-state index in [2.05, 4.69) is 4.72 Å². The van der Waals surface area contributed by atoms with Crippen molar-refractivity contribution < 1.29 is 27.8 Å². The monoisotopic (exact) mass is 339 g/mol. The molecule has 0 aliphatic carbocycles. The first-order valence-electron chi connectivity index (χ1n) is 6.08. The highest BCUT2D eigenvalue weighted by Gasteiger charge is 2.26. The molecular formula is C12H15ClFNO5S. The molecule has 1 rings (SSSR count). The van der Waals surface area contributed by atoms with Crippen LogP contribution in [-0.4, -0.2) is 37.2 Å². The molecule has 1 unspecified atom stereocenters. The van der Waals surface area contributed by atoms with Crippen LogP contribution in [0.15, 0.2) is 17.0 Å². The topological polar surface area (TPSA) is 104 Å². The Kier molecular flexibility index (Phi) is 6.09. The highest BCUT2D eigenvalue weighted by molar-refractivity contribution is 7.89. The van der Waals surface area contributed by atoms with Gasteiger partial charge in [0.1, 0.15) is 4.90 Å². The lowest BCUT2D eigenvalue weighted by molar-refractivity contribution is 0.0691. The summed E-state index contributed by atoms with van der Waals surface area (Å²) in [6, 6.07) is 1.09. The van der Waals surface area contributed by atoms with Crippen molar-refractivity contribution in [3.8, 4) is 0 Å². The molecule has 118 valence electrons. The summed E-state index contributed by atoms with van der Waals surface area (Å²) >= 11 is 5.64. The quantitative estimate of drug-likeness (QED) is 0.700. The molecule has 0 saturated heterocycles. The molecule has 9 heteroatoms. The third-order valence-electron chi connectivity index (χ3n) is 2.82. The highest BCUT2D eigenvalue weighted by Crippen LogP contribution is 2.24. The minimum absolute atomic E-state index is 0.156. The number of carboxylic acids is 1. The van der Waals surface area contributed by atoms with Crippen molar-refractivity contribution >= 4 is 27.6 Å². The van der Waals surface area contributed by atoms with Gasteiger partial charge in [-0.15, -0.1) is 0 Å². The average molecular weight is 340 g/mol. The Hall–Kier alpha value is -1.22. The second kappa shape index (κ2) is 7.17. The van der Waals surface area contributed by atoms with E-state index in [1.807, 2.05) is 0 Å². The highest BCUT2D eigenvalue weighted by atomic mass is 35.5. The predicted octanol–water partition coefficient (Wildman–Crippen LogP) is 1.62. The number of halogens is 2. The average Bonchev–Trinajstić information content (AvgIpc) is 2.39. The van der Waals surface area contributed by atoms with Gasteiger partial charge in [-0.3, -0.25) is 0 Å². The van der Waals surface area contributed by atoms with Gasteiger partial charge < -0.3 is 10.2 Å². The standard InChI is InChI=1S/C12H15ClFNO5S/c1-2-8(3-4-16)15-21(19,20)10-6-7(13)5-9(11(10)14)12(17)18/h5-6,8,15-16H,2-4H2,1H3,(H,17,18). The molecule has 0 fully saturated rings. The zero-order valence-electron chi connectivity index (χ0n) is 11.1. The van der Waals surface area contributed by atoms with E-state index < -0.39 is 38.3 Å². The molecule has 0 heterocycles. The van der Waals surface area contributed by atoms with Crippen LogP contribution in [0.2, 0.25) is 5.02 Å². The maximum Gasteiger partial charge on any atom is 0.338 e. The molecule has 0 aliphatic heterocycles. The van der Waals surface area contributed by atoms with Crippen LogP contribution in [0.25, 0.3) is 0 Å². The van der Waals surface area contributed by atoms with Gasteiger partial charge in [0.15, 0.2) is 5.82 Å². The molecule has 6 nitrogen and oxygen atoms in total. The summed E-state index contributed by atoms with van der Waals surface area (Å²) in [6.45, 7) is 1.46. The third kappa shape index (κ3) is 4.37. The SMILES string of the molecule is CCC(CCO)NS(=O)(=O)c1cc(Cl)cc(C(=O)O)c1F. The Morgan fingerprint density at radius 1 is 1.48 bits per heavy atom. The van der Waals surface area contributed by atoms with Gasteiger partial charge in [-0.05, 0) is 25.0 Å². The summed E-state index contributed by atoms with van der Waals surface area (Å²) < 4.78 is 40.5. The lowest BCUT2D eigenvalue weighted by Crippen LogP contribution is -2.35. The maximum absolute atomic E-state index is 14.0. The summed E-state index contributed by atoms with van der Waals surface area (Å²) in [5.74, 6) is -2.99. The van der Waals surface area contributed by atoms with E-state index in [1.165, 1.54) is 0 Å². The first-order chi connectivity index (χ1) is 9.72. The third-order valence-corrected chi connectivity index (χ3v) is 4.55. The molecule has 0 radical (unpaired) electrons. The molecule has 1 aromatic rings. The van der Waals surface area contributed by atoms with Crippen molar-refractivity contribution in [2.75, 3.05) is 6.61 Å². The van der Waals surface area contributed by atoms with E-state index in [-0.39, 0.29) is 18.1 Å². The van der Waals surface area contributed by atoms with Crippen LogP contribution in [0.1, 0.15) is 30.1 Å². The summed E-state index contributed by atoms with van der Waals surface area (Å²) in [6.07, 6.45) is 0.539. The number of hydrogen-bond acceptors (Lipinski definition) is 4. The molecule has 0 aliphatic rings. The Labute approximate surface area is 126 Å². The van der Waals surface area contributed by atoms with Crippen molar-refractivity contribution in [2.45, 2.75) is 30.7 Å².